The number of anilines is 1. The summed E-state index contributed by atoms with van der Waals surface area (Å²) >= 11 is 11.9. The summed E-state index contributed by atoms with van der Waals surface area (Å²) in [6.07, 6.45) is 0. The first kappa shape index (κ1) is 12.0. The number of nitriles is 1. The van der Waals surface area contributed by atoms with E-state index in [1.54, 1.807) is 19.1 Å². The van der Waals surface area contributed by atoms with E-state index in [1.165, 1.54) is 7.11 Å². The second-order valence-corrected chi connectivity index (χ2v) is 3.69. The smallest absolute Gasteiger partial charge is 0.139 e. The molecule has 0 heterocycles. The molecule has 1 atom stereocenters. The van der Waals surface area contributed by atoms with Gasteiger partial charge >= 0.3 is 0 Å². The first-order chi connectivity index (χ1) is 7.10. The summed E-state index contributed by atoms with van der Waals surface area (Å²) in [5.74, 6) is 0.511. The normalized spacial score (nSPS) is 11.7. The van der Waals surface area contributed by atoms with Crippen LogP contribution in [-0.2, 0) is 0 Å². The Balaban J connectivity index is 3.02. The SMILES string of the molecule is COc1ccc(NC(C)C#N)c(Cl)c1Cl. The van der Waals surface area contributed by atoms with E-state index in [1.807, 2.05) is 6.07 Å². The lowest BCUT2D eigenvalue weighted by molar-refractivity contribution is 0.415. The predicted molar refractivity (Wildman–Crippen MR) is 61.7 cm³/mol. The van der Waals surface area contributed by atoms with E-state index in [0.717, 1.165) is 0 Å². The Morgan fingerprint density at radius 1 is 1.40 bits per heavy atom. The van der Waals surface area contributed by atoms with Crippen molar-refractivity contribution in [1.29, 1.82) is 5.26 Å². The van der Waals surface area contributed by atoms with E-state index in [9.17, 15) is 0 Å². The summed E-state index contributed by atoms with van der Waals surface area (Å²) in [7, 11) is 1.52. The first-order valence-corrected chi connectivity index (χ1v) is 5.04. The second kappa shape index (κ2) is 5.11. The summed E-state index contributed by atoms with van der Waals surface area (Å²) in [5, 5.41) is 12.3. The quantitative estimate of drug-likeness (QED) is 0.888. The van der Waals surface area contributed by atoms with Crippen LogP contribution in [0.4, 0.5) is 5.69 Å². The molecule has 0 radical (unpaired) electrons. The summed E-state index contributed by atoms with van der Waals surface area (Å²) in [6.45, 7) is 1.73. The third-order valence-electron chi connectivity index (χ3n) is 1.83. The zero-order chi connectivity index (χ0) is 11.4. The minimum absolute atomic E-state index is 0.327. The minimum atomic E-state index is -0.327. The van der Waals surface area contributed by atoms with Crippen molar-refractivity contribution in [2.24, 2.45) is 0 Å². The van der Waals surface area contributed by atoms with Gasteiger partial charge in [0.15, 0.2) is 0 Å². The number of hydrogen-bond acceptors (Lipinski definition) is 3. The molecular formula is C10H10Cl2N2O. The van der Waals surface area contributed by atoms with Crippen molar-refractivity contribution in [3.63, 3.8) is 0 Å². The van der Waals surface area contributed by atoms with Crippen molar-refractivity contribution in [3.05, 3.63) is 22.2 Å². The third kappa shape index (κ3) is 2.68. The maximum atomic E-state index is 8.64. The summed E-state index contributed by atoms with van der Waals surface area (Å²) in [5.41, 5.74) is 0.622. The molecule has 0 spiro atoms. The van der Waals surface area contributed by atoms with Gasteiger partial charge < -0.3 is 10.1 Å². The van der Waals surface area contributed by atoms with Crippen molar-refractivity contribution >= 4 is 28.9 Å². The van der Waals surface area contributed by atoms with Crippen molar-refractivity contribution in [3.8, 4) is 11.8 Å². The van der Waals surface area contributed by atoms with E-state index in [4.69, 9.17) is 33.2 Å². The van der Waals surface area contributed by atoms with Crippen LogP contribution in [0.3, 0.4) is 0 Å². The molecule has 0 saturated heterocycles. The monoisotopic (exact) mass is 244 g/mol. The Hall–Kier alpha value is -1.11. The van der Waals surface area contributed by atoms with E-state index in [0.29, 0.717) is 21.5 Å². The average Bonchev–Trinajstić information content (AvgIpc) is 2.25. The van der Waals surface area contributed by atoms with Crippen LogP contribution in [-0.4, -0.2) is 13.2 Å². The zero-order valence-corrected chi connectivity index (χ0v) is 9.86. The van der Waals surface area contributed by atoms with Gasteiger partial charge in [-0.2, -0.15) is 5.26 Å². The molecule has 1 unspecified atom stereocenters. The first-order valence-electron chi connectivity index (χ1n) is 4.28. The van der Waals surface area contributed by atoms with Crippen LogP contribution >= 0.6 is 23.2 Å². The molecule has 0 aliphatic carbocycles. The Kier molecular flexibility index (Phi) is 4.07. The number of ether oxygens (including phenoxy) is 1. The minimum Gasteiger partial charge on any atom is -0.495 e. The number of rotatable bonds is 3. The van der Waals surface area contributed by atoms with Crippen molar-refractivity contribution in [2.45, 2.75) is 13.0 Å². The van der Waals surface area contributed by atoms with Crippen LogP contribution in [0, 0.1) is 11.3 Å². The van der Waals surface area contributed by atoms with Crippen LogP contribution in [0.2, 0.25) is 10.0 Å². The van der Waals surface area contributed by atoms with Crippen molar-refractivity contribution in [1.82, 2.24) is 0 Å². The molecule has 0 fully saturated rings. The molecule has 1 N–H and O–H groups in total. The Morgan fingerprint density at radius 2 is 2.07 bits per heavy atom. The van der Waals surface area contributed by atoms with Gasteiger partial charge in [0.1, 0.15) is 16.8 Å². The zero-order valence-electron chi connectivity index (χ0n) is 8.34. The van der Waals surface area contributed by atoms with Gasteiger partial charge in [0, 0.05) is 0 Å². The number of halogens is 2. The fourth-order valence-electron chi connectivity index (χ4n) is 1.07. The van der Waals surface area contributed by atoms with Crippen LogP contribution in [0.25, 0.3) is 0 Å². The van der Waals surface area contributed by atoms with Gasteiger partial charge in [0.25, 0.3) is 0 Å². The molecular weight excluding hydrogens is 235 g/mol. The highest BCUT2D eigenvalue weighted by Gasteiger charge is 2.11. The highest BCUT2D eigenvalue weighted by molar-refractivity contribution is 6.44. The Bertz CT molecular complexity index is 401. The maximum Gasteiger partial charge on any atom is 0.139 e. The number of hydrogen-bond donors (Lipinski definition) is 1. The largest absolute Gasteiger partial charge is 0.495 e. The average molecular weight is 245 g/mol. The summed E-state index contributed by atoms with van der Waals surface area (Å²) < 4.78 is 5.00. The van der Waals surface area contributed by atoms with Crippen LogP contribution in [0.5, 0.6) is 5.75 Å². The number of nitrogens with zero attached hydrogens (tertiary/aromatic N) is 1. The fraction of sp³-hybridized carbons (Fsp3) is 0.300. The molecule has 3 nitrogen and oxygen atoms in total. The molecule has 0 bridgehead atoms. The summed E-state index contributed by atoms with van der Waals surface area (Å²) in [4.78, 5) is 0. The third-order valence-corrected chi connectivity index (χ3v) is 2.70. The lowest BCUT2D eigenvalue weighted by Crippen LogP contribution is -2.12. The summed E-state index contributed by atoms with van der Waals surface area (Å²) in [6, 6.07) is 5.14. The van der Waals surface area contributed by atoms with E-state index in [2.05, 4.69) is 5.32 Å². The van der Waals surface area contributed by atoms with Gasteiger partial charge in [-0.3, -0.25) is 0 Å². The van der Waals surface area contributed by atoms with Crippen molar-refractivity contribution in [2.75, 3.05) is 12.4 Å². The topological polar surface area (TPSA) is 45.0 Å². The van der Waals surface area contributed by atoms with Crippen molar-refractivity contribution < 1.29 is 4.74 Å². The van der Waals surface area contributed by atoms with E-state index in [-0.39, 0.29) is 6.04 Å². The highest BCUT2D eigenvalue weighted by Crippen LogP contribution is 2.37. The van der Waals surface area contributed by atoms with Crippen LogP contribution in [0.1, 0.15) is 6.92 Å². The van der Waals surface area contributed by atoms with Gasteiger partial charge in [-0.25, -0.2) is 0 Å². The number of benzene rings is 1. The molecule has 0 amide bonds. The number of methoxy groups -OCH3 is 1. The van der Waals surface area contributed by atoms with Gasteiger partial charge in [-0.1, -0.05) is 23.2 Å². The molecule has 1 aromatic rings. The van der Waals surface area contributed by atoms with Crippen LogP contribution in [0.15, 0.2) is 12.1 Å². The van der Waals surface area contributed by atoms with Gasteiger partial charge in [0.2, 0.25) is 0 Å². The number of nitrogens with one attached hydrogen (secondary N) is 1. The maximum absolute atomic E-state index is 8.64. The lowest BCUT2D eigenvalue weighted by Gasteiger charge is -2.12. The molecule has 0 saturated carbocycles. The Labute approximate surface area is 98.6 Å². The van der Waals surface area contributed by atoms with Gasteiger partial charge in [-0.05, 0) is 19.1 Å². The van der Waals surface area contributed by atoms with Gasteiger partial charge in [-0.15, -0.1) is 0 Å². The molecule has 15 heavy (non-hydrogen) atoms. The van der Waals surface area contributed by atoms with Gasteiger partial charge in [0.05, 0.1) is 23.9 Å². The van der Waals surface area contributed by atoms with Crippen LogP contribution < -0.4 is 10.1 Å². The highest BCUT2D eigenvalue weighted by atomic mass is 35.5. The molecule has 1 aromatic carbocycles. The molecule has 0 aliphatic heterocycles. The molecule has 5 heteroatoms. The Morgan fingerprint density at radius 3 is 2.60 bits per heavy atom. The lowest BCUT2D eigenvalue weighted by atomic mass is 10.2. The molecule has 0 aliphatic rings. The molecule has 0 aromatic heterocycles. The predicted octanol–water partition coefficient (Wildman–Crippen LogP) is 3.33. The molecule has 80 valence electrons. The second-order valence-electron chi connectivity index (χ2n) is 2.94. The fourth-order valence-corrected chi connectivity index (χ4v) is 1.52. The molecule has 1 rings (SSSR count). The van der Waals surface area contributed by atoms with E-state index >= 15 is 0 Å². The standard InChI is InChI=1S/C10H10Cl2N2O/c1-6(5-13)14-7-3-4-8(15-2)10(12)9(7)11/h3-4,6,14H,1-2H3. The van der Waals surface area contributed by atoms with E-state index < -0.39 is 0 Å².